The number of hydrogen-bond acceptors (Lipinski definition) is 7. The average molecular weight is 566 g/mol. The maximum Gasteiger partial charge on any atom is 0.305 e. The summed E-state index contributed by atoms with van der Waals surface area (Å²) in [7, 11) is -2.62. The first-order chi connectivity index (χ1) is 19.2. The number of amides is 2. The number of para-hydroxylation sites is 3. The predicted octanol–water partition coefficient (Wildman–Crippen LogP) is 3.81. The van der Waals surface area contributed by atoms with Gasteiger partial charge in [-0.25, -0.2) is 8.42 Å². The number of likely N-dealkylation sites (tertiary alicyclic amines) is 1. The first-order valence-corrected chi connectivity index (χ1v) is 14.3. The first-order valence-electron chi connectivity index (χ1n) is 12.8. The molecule has 1 fully saturated rings. The van der Waals surface area contributed by atoms with Gasteiger partial charge in [-0.3, -0.25) is 19.1 Å². The highest BCUT2D eigenvalue weighted by Gasteiger charge is 2.25. The van der Waals surface area contributed by atoms with Crippen molar-refractivity contribution in [1.82, 2.24) is 10.2 Å². The highest BCUT2D eigenvalue weighted by Crippen LogP contribution is 2.31. The van der Waals surface area contributed by atoms with E-state index >= 15 is 0 Å². The molecule has 0 radical (unpaired) electrons. The number of rotatable bonds is 10. The van der Waals surface area contributed by atoms with Gasteiger partial charge in [0.05, 0.1) is 24.2 Å². The van der Waals surface area contributed by atoms with Crippen LogP contribution in [0.4, 0.5) is 5.69 Å². The number of carbonyl (C=O) groups excluding carboxylic acids is 3. The summed E-state index contributed by atoms with van der Waals surface area (Å²) in [5, 5.41) is 2.59. The molecule has 0 saturated carbocycles. The fourth-order valence-corrected chi connectivity index (χ4v) is 5.39. The van der Waals surface area contributed by atoms with Crippen LogP contribution in [0.5, 0.6) is 11.5 Å². The zero-order valence-electron chi connectivity index (χ0n) is 22.0. The van der Waals surface area contributed by atoms with Crippen LogP contribution in [-0.2, 0) is 24.3 Å². The maximum atomic E-state index is 13.0. The molecule has 0 atom stereocenters. The Morgan fingerprint density at radius 2 is 1.55 bits per heavy atom. The van der Waals surface area contributed by atoms with Gasteiger partial charge in [-0.15, -0.1) is 0 Å². The maximum absolute atomic E-state index is 13.0. The molecule has 1 aliphatic rings. The molecule has 1 aliphatic heterocycles. The molecule has 4 rings (SSSR count). The highest BCUT2D eigenvalue weighted by atomic mass is 32.2. The lowest BCUT2D eigenvalue weighted by Crippen LogP contribution is -2.44. The molecule has 11 heteroatoms. The third-order valence-electron chi connectivity index (χ3n) is 6.58. The van der Waals surface area contributed by atoms with E-state index in [2.05, 4.69) is 10.0 Å². The van der Waals surface area contributed by atoms with Crippen molar-refractivity contribution in [2.45, 2.75) is 24.2 Å². The van der Waals surface area contributed by atoms with E-state index in [-0.39, 0.29) is 40.5 Å². The largest absolute Gasteiger partial charge is 0.469 e. The number of hydrogen-bond donors (Lipinski definition) is 2. The lowest BCUT2D eigenvalue weighted by molar-refractivity contribution is -0.142. The summed E-state index contributed by atoms with van der Waals surface area (Å²) in [4.78, 5) is 38.2. The van der Waals surface area contributed by atoms with Crippen LogP contribution in [0.1, 0.15) is 29.6 Å². The van der Waals surface area contributed by atoms with Crippen molar-refractivity contribution in [3.05, 3.63) is 84.4 Å². The number of nitrogens with zero attached hydrogens (tertiary/aromatic N) is 1. The number of piperidine rings is 1. The van der Waals surface area contributed by atoms with Gasteiger partial charge >= 0.3 is 5.97 Å². The highest BCUT2D eigenvalue weighted by molar-refractivity contribution is 7.92. The van der Waals surface area contributed by atoms with E-state index < -0.39 is 15.9 Å². The molecule has 0 aromatic heterocycles. The Morgan fingerprint density at radius 1 is 0.900 bits per heavy atom. The number of ether oxygens (including phenoxy) is 2. The van der Waals surface area contributed by atoms with Crippen LogP contribution < -0.4 is 14.8 Å². The van der Waals surface area contributed by atoms with Gasteiger partial charge in [-0.1, -0.05) is 30.3 Å². The van der Waals surface area contributed by atoms with Gasteiger partial charge in [-0.2, -0.15) is 0 Å². The quantitative estimate of drug-likeness (QED) is 0.358. The summed E-state index contributed by atoms with van der Waals surface area (Å²) in [5.41, 5.74) is 0.484. The molecular weight excluding hydrogens is 534 g/mol. The molecule has 0 bridgehead atoms. The lowest BCUT2D eigenvalue weighted by atomic mass is 9.93. The standard InChI is InChI=1S/C29H31N3O7S/c1-38-28(34)19-21-15-17-32(18-16-21)27(33)20-30-29(35)22-11-13-24(14-12-22)40(36,37)31-25-9-5-6-10-26(25)39-23-7-3-2-4-8-23/h2-14,21,31H,15-20H2,1H3,(H,30,35). The third-order valence-corrected chi connectivity index (χ3v) is 7.96. The Balaban J connectivity index is 1.31. The fraction of sp³-hybridized carbons (Fsp3) is 0.276. The smallest absolute Gasteiger partial charge is 0.305 e. The van der Waals surface area contributed by atoms with Crippen molar-refractivity contribution in [3.8, 4) is 11.5 Å². The van der Waals surface area contributed by atoms with Crippen molar-refractivity contribution in [2.24, 2.45) is 5.92 Å². The molecule has 1 saturated heterocycles. The zero-order chi connectivity index (χ0) is 28.5. The van der Waals surface area contributed by atoms with Gasteiger partial charge in [0.25, 0.3) is 15.9 Å². The minimum atomic E-state index is -3.98. The van der Waals surface area contributed by atoms with Gasteiger partial charge in [0.15, 0.2) is 5.75 Å². The van der Waals surface area contributed by atoms with Crippen LogP contribution in [0.3, 0.4) is 0 Å². The van der Waals surface area contributed by atoms with Gasteiger partial charge in [0, 0.05) is 25.1 Å². The Labute approximate surface area is 233 Å². The fourth-order valence-electron chi connectivity index (χ4n) is 4.32. The topological polar surface area (TPSA) is 131 Å². The van der Waals surface area contributed by atoms with Crippen LogP contribution in [0.2, 0.25) is 0 Å². The first kappa shape index (κ1) is 28.6. The molecular formula is C29H31N3O7S. The van der Waals surface area contributed by atoms with Crippen LogP contribution in [0.25, 0.3) is 0 Å². The Bertz CT molecular complexity index is 1440. The summed E-state index contributed by atoms with van der Waals surface area (Å²) in [6, 6.07) is 21.1. The normalized spacial score (nSPS) is 13.8. The number of carbonyl (C=O) groups is 3. The second kappa shape index (κ2) is 13.1. The number of sulfonamides is 1. The van der Waals surface area contributed by atoms with Crippen LogP contribution in [0.15, 0.2) is 83.8 Å². The Morgan fingerprint density at radius 3 is 2.23 bits per heavy atom. The van der Waals surface area contributed by atoms with Crippen LogP contribution in [-0.4, -0.2) is 57.8 Å². The molecule has 0 aliphatic carbocycles. The molecule has 210 valence electrons. The predicted molar refractivity (Wildman–Crippen MR) is 148 cm³/mol. The molecule has 3 aromatic carbocycles. The number of methoxy groups -OCH3 is 1. The summed E-state index contributed by atoms with van der Waals surface area (Å²) in [6.45, 7) is 0.838. The SMILES string of the molecule is COC(=O)CC1CCN(C(=O)CNC(=O)c2ccc(S(=O)(=O)Nc3ccccc3Oc3ccccc3)cc2)CC1. The molecule has 0 unspecified atom stereocenters. The van der Waals surface area contributed by atoms with Crippen molar-refractivity contribution < 1.29 is 32.3 Å². The summed E-state index contributed by atoms with van der Waals surface area (Å²) in [5.74, 6) is 0.113. The monoisotopic (exact) mass is 565 g/mol. The summed E-state index contributed by atoms with van der Waals surface area (Å²) >= 11 is 0. The number of esters is 1. The number of nitrogens with one attached hydrogen (secondary N) is 2. The van der Waals surface area contributed by atoms with E-state index in [1.165, 1.54) is 31.4 Å². The third kappa shape index (κ3) is 7.60. The van der Waals surface area contributed by atoms with Gasteiger partial charge < -0.3 is 19.7 Å². The zero-order valence-corrected chi connectivity index (χ0v) is 22.9. The lowest BCUT2D eigenvalue weighted by Gasteiger charge is -2.31. The van der Waals surface area contributed by atoms with Crippen molar-refractivity contribution >= 4 is 33.5 Å². The van der Waals surface area contributed by atoms with Crippen LogP contribution >= 0.6 is 0 Å². The molecule has 2 amide bonds. The van der Waals surface area contributed by atoms with Gasteiger partial charge in [-0.05, 0) is 67.3 Å². The molecule has 1 heterocycles. The molecule has 40 heavy (non-hydrogen) atoms. The van der Waals surface area contributed by atoms with Crippen molar-refractivity contribution in [3.63, 3.8) is 0 Å². The van der Waals surface area contributed by atoms with E-state index in [4.69, 9.17) is 9.47 Å². The van der Waals surface area contributed by atoms with Gasteiger partial charge in [0.1, 0.15) is 5.75 Å². The van der Waals surface area contributed by atoms with E-state index in [1.54, 1.807) is 41.3 Å². The van der Waals surface area contributed by atoms with E-state index in [9.17, 15) is 22.8 Å². The van der Waals surface area contributed by atoms with Crippen molar-refractivity contribution in [1.29, 1.82) is 0 Å². The van der Waals surface area contributed by atoms with Gasteiger partial charge in [0.2, 0.25) is 5.91 Å². The molecule has 0 spiro atoms. The molecule has 2 N–H and O–H groups in total. The minimum absolute atomic E-state index is 0.0375. The Hall–Kier alpha value is -4.38. The van der Waals surface area contributed by atoms with Crippen molar-refractivity contribution in [2.75, 3.05) is 31.5 Å². The Kier molecular flexibility index (Phi) is 9.39. The summed E-state index contributed by atoms with van der Waals surface area (Å²) in [6.07, 6.45) is 1.73. The molecule has 3 aromatic rings. The summed E-state index contributed by atoms with van der Waals surface area (Å²) < 4.78 is 39.1. The van der Waals surface area contributed by atoms with E-state index in [0.717, 1.165) is 0 Å². The van der Waals surface area contributed by atoms with Crippen LogP contribution in [0, 0.1) is 5.92 Å². The average Bonchev–Trinajstić information content (AvgIpc) is 2.97. The second-order valence-corrected chi connectivity index (χ2v) is 11.0. The second-order valence-electron chi connectivity index (χ2n) is 9.33. The van der Waals surface area contributed by atoms with E-state index in [0.29, 0.717) is 43.9 Å². The molecule has 10 nitrogen and oxygen atoms in total. The number of anilines is 1. The van der Waals surface area contributed by atoms with E-state index in [1.807, 2.05) is 18.2 Å². The number of benzene rings is 3. The minimum Gasteiger partial charge on any atom is -0.469 e.